The Bertz CT molecular complexity index is 11.2. The molecule has 0 rings (SSSR count). The summed E-state index contributed by atoms with van der Waals surface area (Å²) in [7, 11) is 0. The van der Waals surface area contributed by atoms with E-state index >= 15 is 0 Å². The van der Waals surface area contributed by atoms with Crippen LogP contribution in [0.1, 0.15) is 0 Å². The Labute approximate surface area is 120 Å². The monoisotopic (exact) mass is 540 g/mol. The Kier molecular flexibility index (Phi) is 664. The van der Waals surface area contributed by atoms with Gasteiger partial charge in [-0.25, -0.2) is 0 Å². The molecule has 0 nitrogen and oxygen atoms in total. The first kappa shape index (κ1) is 83.3. The molecule has 56 valence electrons. The van der Waals surface area contributed by atoms with Gasteiger partial charge in [0.2, 0.25) is 0 Å². The molecular formula is MoP4Pd3. The van der Waals surface area contributed by atoms with Crippen molar-refractivity contribution in [2.45, 2.75) is 0 Å². The molecule has 0 fully saturated rings. The number of hydrogen-bond acceptors (Lipinski definition) is 0. The van der Waals surface area contributed by atoms with E-state index in [4.69, 9.17) is 0 Å². The molecule has 0 saturated carbocycles. The van der Waals surface area contributed by atoms with Crippen LogP contribution in [0.3, 0.4) is 0 Å². The van der Waals surface area contributed by atoms with Gasteiger partial charge in [0.25, 0.3) is 0 Å². The molecule has 0 aromatic rings. The van der Waals surface area contributed by atoms with Gasteiger partial charge < -0.3 is 39.6 Å². The van der Waals surface area contributed by atoms with Crippen LogP contribution in [0.25, 0.3) is 0 Å². The third kappa shape index (κ3) is 47.5. The zero-order valence-corrected chi connectivity index (χ0v) is 13.4. The summed E-state index contributed by atoms with van der Waals surface area (Å²) in [5, 5.41) is 0. The molecule has 0 aliphatic rings. The summed E-state index contributed by atoms with van der Waals surface area (Å²) in [6, 6.07) is 0. The van der Waals surface area contributed by atoms with E-state index < -0.39 is 0 Å². The van der Waals surface area contributed by atoms with Crippen molar-refractivity contribution in [2.75, 3.05) is 0 Å². The predicted molar refractivity (Wildman–Crippen MR) is 27.7 cm³/mol. The molecule has 0 heterocycles. The molecule has 0 unspecified atom stereocenters. The van der Waals surface area contributed by atoms with Crippen LogP contribution >= 0.6 is 39.6 Å². The zero-order chi connectivity index (χ0) is 0. The van der Waals surface area contributed by atoms with E-state index in [1.54, 1.807) is 0 Å². The van der Waals surface area contributed by atoms with Gasteiger partial charge in [-0.3, -0.25) is 0 Å². The second kappa shape index (κ2) is 63.7. The molecule has 0 N–H and O–H groups in total. The summed E-state index contributed by atoms with van der Waals surface area (Å²) in [5.74, 6) is 0. The average Bonchev–Trinajstić information content (AvgIpc) is 0. The minimum Gasteiger partial charge on any atom is -3.00 e. The molecule has 0 spiro atoms. The van der Waals surface area contributed by atoms with Crippen LogP contribution in [0, 0.1) is 0 Å². The maximum absolute atomic E-state index is 0. The van der Waals surface area contributed by atoms with Gasteiger partial charge in [-0.2, -0.15) is 0 Å². The molecule has 8 heavy (non-hydrogen) atoms. The van der Waals surface area contributed by atoms with Gasteiger partial charge in [-0.1, -0.05) is 0 Å². The van der Waals surface area contributed by atoms with Crippen LogP contribution in [0.15, 0.2) is 0 Å². The Morgan fingerprint density at radius 2 is 0.375 bits per heavy atom. The van der Waals surface area contributed by atoms with E-state index in [9.17, 15) is 0 Å². The molecule has 0 aromatic carbocycles. The SMILES string of the molecule is [Mo+6].[P-3].[P-3].[P-3].[P-3].[Pd+2].[Pd+2].[Pd+2]. The third-order valence-corrected chi connectivity index (χ3v) is 0. The summed E-state index contributed by atoms with van der Waals surface area (Å²) in [6.45, 7) is 0. The Hall–Kier alpha value is 4.40. The molecule has 0 saturated heterocycles. The standard InChI is InChI=1S/Mo.4P.3Pd/q+6;4*-3;3*+2. The fourth-order valence-electron chi connectivity index (χ4n) is 0. The van der Waals surface area contributed by atoms with Crippen LogP contribution in [0.5, 0.6) is 0 Å². The molecular weight excluding hydrogens is 539 g/mol. The first-order valence-electron chi connectivity index (χ1n) is 0. The Balaban J connectivity index is 0. The van der Waals surface area contributed by atoms with E-state index in [-0.39, 0.29) is 122 Å². The topological polar surface area (TPSA) is 0 Å². The minimum atomic E-state index is 0. The van der Waals surface area contributed by atoms with Crippen molar-refractivity contribution in [3.8, 4) is 0 Å². The van der Waals surface area contributed by atoms with Gasteiger partial charge in [-0.05, 0) is 0 Å². The van der Waals surface area contributed by atoms with Gasteiger partial charge in [0.05, 0.1) is 0 Å². The van der Waals surface area contributed by atoms with Crippen molar-refractivity contribution >= 4 is 39.6 Å². The second-order valence-corrected chi connectivity index (χ2v) is 0. The molecule has 0 aliphatic heterocycles. The van der Waals surface area contributed by atoms with Crippen LogP contribution in [0.2, 0.25) is 0 Å². The minimum absolute atomic E-state index is 0. The Morgan fingerprint density at radius 1 is 0.375 bits per heavy atom. The van der Waals surface area contributed by atoms with Crippen LogP contribution in [0.4, 0.5) is 0 Å². The maximum Gasteiger partial charge on any atom is 6.00 e. The van der Waals surface area contributed by atoms with Gasteiger partial charge in [0.1, 0.15) is 0 Å². The summed E-state index contributed by atoms with van der Waals surface area (Å²) < 4.78 is 0. The largest absolute Gasteiger partial charge is 6.00 e. The van der Waals surface area contributed by atoms with Crippen molar-refractivity contribution in [3.63, 3.8) is 0 Å². The molecule has 0 radical (unpaired) electrons. The van der Waals surface area contributed by atoms with Crippen molar-refractivity contribution in [3.05, 3.63) is 0 Å². The average molecular weight is 539 g/mol. The summed E-state index contributed by atoms with van der Waals surface area (Å²) in [4.78, 5) is 0. The molecule has 0 aliphatic carbocycles. The van der Waals surface area contributed by atoms with Gasteiger partial charge in [-0.15, -0.1) is 0 Å². The van der Waals surface area contributed by atoms with E-state index in [0.29, 0.717) is 0 Å². The van der Waals surface area contributed by atoms with Crippen molar-refractivity contribution in [1.29, 1.82) is 0 Å². The molecule has 8 heteroatoms. The van der Waals surface area contributed by atoms with E-state index in [2.05, 4.69) is 0 Å². The summed E-state index contributed by atoms with van der Waals surface area (Å²) >= 11 is 0. The van der Waals surface area contributed by atoms with Crippen LogP contribution in [-0.2, 0) is 82.3 Å². The van der Waals surface area contributed by atoms with Crippen LogP contribution < -0.4 is 0 Å². The maximum atomic E-state index is 0. The molecule has 0 bridgehead atoms. The quantitative estimate of drug-likeness (QED) is 0.327. The van der Waals surface area contributed by atoms with Crippen LogP contribution in [-0.4, -0.2) is 0 Å². The van der Waals surface area contributed by atoms with Crippen molar-refractivity contribution < 1.29 is 82.3 Å². The van der Waals surface area contributed by atoms with E-state index in [1.807, 2.05) is 0 Å². The van der Waals surface area contributed by atoms with Crippen molar-refractivity contribution in [2.24, 2.45) is 0 Å². The summed E-state index contributed by atoms with van der Waals surface area (Å²) in [6.07, 6.45) is 0. The molecule has 0 amide bonds. The third-order valence-electron chi connectivity index (χ3n) is 0. The first-order chi connectivity index (χ1) is 0. The van der Waals surface area contributed by atoms with Crippen molar-refractivity contribution in [1.82, 2.24) is 0 Å². The summed E-state index contributed by atoms with van der Waals surface area (Å²) in [5.41, 5.74) is 0. The predicted octanol–water partition coefficient (Wildman–Crippen LogP) is 3.43. The second-order valence-electron chi connectivity index (χ2n) is 0. The first-order valence-corrected chi connectivity index (χ1v) is 0. The normalized spacial score (nSPS) is 0. The van der Waals surface area contributed by atoms with E-state index in [0.717, 1.165) is 0 Å². The number of hydrogen-bond donors (Lipinski definition) is 0. The molecule has 0 aromatic heterocycles. The zero-order valence-electron chi connectivity index (χ0n) is 3.15. The van der Waals surface area contributed by atoms with Gasteiger partial charge in [0.15, 0.2) is 0 Å². The van der Waals surface area contributed by atoms with Gasteiger partial charge >= 0.3 is 82.3 Å². The Morgan fingerprint density at radius 3 is 0.375 bits per heavy atom. The fourth-order valence-corrected chi connectivity index (χ4v) is 0. The number of rotatable bonds is 0. The fraction of sp³-hybridized carbons (Fsp3) is 0. The smallest absolute Gasteiger partial charge is 3.00 e. The van der Waals surface area contributed by atoms with E-state index in [1.165, 1.54) is 0 Å². The van der Waals surface area contributed by atoms with Gasteiger partial charge in [0, 0.05) is 0 Å². The molecule has 0 atom stereocenters.